The van der Waals surface area contributed by atoms with E-state index in [1.807, 2.05) is 24.3 Å². The summed E-state index contributed by atoms with van der Waals surface area (Å²) in [6.07, 6.45) is 0. The number of fused-ring (bicyclic) bond motifs is 10. The monoisotopic (exact) mass is 626 g/mol. The Morgan fingerprint density at radius 2 is 1.02 bits per heavy atom. The van der Waals surface area contributed by atoms with Crippen molar-refractivity contribution in [3.05, 3.63) is 158 Å². The lowest BCUT2D eigenvalue weighted by atomic mass is 10.1. The summed E-state index contributed by atoms with van der Waals surface area (Å²) >= 11 is 0. The van der Waals surface area contributed by atoms with E-state index in [2.05, 4.69) is 143 Å². The predicted molar refractivity (Wildman–Crippen MR) is 201 cm³/mol. The highest BCUT2D eigenvalue weighted by molar-refractivity contribution is 6.22. The van der Waals surface area contributed by atoms with Gasteiger partial charge in [0.05, 0.1) is 33.3 Å². The summed E-state index contributed by atoms with van der Waals surface area (Å²) in [5.41, 5.74) is 10.1. The molecule has 11 aromatic rings. The minimum atomic E-state index is 0.631. The van der Waals surface area contributed by atoms with Crippen LogP contribution in [0.2, 0.25) is 0 Å². The molecule has 0 saturated carbocycles. The van der Waals surface area contributed by atoms with E-state index in [9.17, 15) is 0 Å². The van der Waals surface area contributed by atoms with E-state index in [0.717, 1.165) is 77.1 Å². The molecule has 7 aromatic carbocycles. The minimum absolute atomic E-state index is 0.631. The number of hydrogen-bond donors (Lipinski definition) is 0. The number of furan rings is 1. The summed E-state index contributed by atoms with van der Waals surface area (Å²) in [4.78, 5) is 10.6. The van der Waals surface area contributed by atoms with Gasteiger partial charge >= 0.3 is 0 Å². The molecule has 0 bridgehead atoms. The average molecular weight is 627 g/mol. The third-order valence-electron chi connectivity index (χ3n) is 9.91. The molecule has 49 heavy (non-hydrogen) atoms. The van der Waals surface area contributed by atoms with E-state index in [4.69, 9.17) is 14.4 Å². The molecule has 0 fully saturated rings. The molecule has 4 aromatic heterocycles. The van der Waals surface area contributed by atoms with Crippen molar-refractivity contribution in [2.75, 3.05) is 0 Å². The fourth-order valence-corrected chi connectivity index (χ4v) is 7.75. The Bertz CT molecular complexity index is 3100. The van der Waals surface area contributed by atoms with Crippen molar-refractivity contribution in [2.24, 2.45) is 0 Å². The van der Waals surface area contributed by atoms with Gasteiger partial charge in [0.1, 0.15) is 11.2 Å². The highest BCUT2D eigenvalue weighted by Gasteiger charge is 2.22. The molecule has 0 N–H and O–H groups in total. The van der Waals surface area contributed by atoms with Crippen LogP contribution in [0, 0.1) is 0 Å². The maximum atomic E-state index is 6.43. The summed E-state index contributed by atoms with van der Waals surface area (Å²) in [5.74, 6) is 0.631. The molecular formula is C44H26N4O. The molecule has 0 spiro atoms. The van der Waals surface area contributed by atoms with Crippen LogP contribution in [-0.2, 0) is 0 Å². The van der Waals surface area contributed by atoms with Crippen molar-refractivity contribution in [3.8, 4) is 22.9 Å². The lowest BCUT2D eigenvalue weighted by molar-refractivity contribution is 0.669. The first-order valence-electron chi connectivity index (χ1n) is 16.5. The van der Waals surface area contributed by atoms with Crippen molar-refractivity contribution >= 4 is 76.5 Å². The quantitative estimate of drug-likeness (QED) is 0.196. The van der Waals surface area contributed by atoms with Crippen molar-refractivity contribution in [1.82, 2.24) is 19.1 Å². The van der Waals surface area contributed by atoms with E-state index >= 15 is 0 Å². The maximum absolute atomic E-state index is 6.43. The summed E-state index contributed by atoms with van der Waals surface area (Å²) in [7, 11) is 0. The fourth-order valence-electron chi connectivity index (χ4n) is 7.75. The molecule has 0 aliphatic heterocycles. The van der Waals surface area contributed by atoms with E-state index in [1.165, 1.54) is 16.3 Å². The molecular weight excluding hydrogens is 601 g/mol. The van der Waals surface area contributed by atoms with Gasteiger partial charge in [0.25, 0.3) is 0 Å². The van der Waals surface area contributed by atoms with E-state index in [1.54, 1.807) is 0 Å². The molecule has 4 heterocycles. The topological polar surface area (TPSA) is 48.8 Å². The minimum Gasteiger partial charge on any atom is -0.456 e. The Kier molecular flexibility index (Phi) is 5.32. The van der Waals surface area contributed by atoms with Crippen molar-refractivity contribution in [3.63, 3.8) is 0 Å². The molecule has 0 atom stereocenters. The number of benzene rings is 7. The predicted octanol–water partition coefficient (Wildman–Crippen LogP) is 11.4. The zero-order valence-electron chi connectivity index (χ0n) is 26.2. The fraction of sp³-hybridized carbons (Fsp3) is 0. The van der Waals surface area contributed by atoms with Crippen LogP contribution in [0.3, 0.4) is 0 Å². The first-order chi connectivity index (χ1) is 24.3. The van der Waals surface area contributed by atoms with Crippen LogP contribution in [0.4, 0.5) is 0 Å². The van der Waals surface area contributed by atoms with Gasteiger partial charge in [0, 0.05) is 49.0 Å². The summed E-state index contributed by atoms with van der Waals surface area (Å²) in [5, 5.41) is 7.81. The van der Waals surface area contributed by atoms with E-state index in [-0.39, 0.29) is 0 Å². The Balaban J connectivity index is 1.33. The first-order valence-corrected chi connectivity index (χ1v) is 16.5. The average Bonchev–Trinajstić information content (AvgIpc) is 3.80. The number of nitrogens with zero attached hydrogens (tertiary/aromatic N) is 4. The number of para-hydroxylation sites is 4. The van der Waals surface area contributed by atoms with Gasteiger partial charge in [0.2, 0.25) is 5.95 Å². The standard InChI is InChI=1S/C44H26N4O/c1-3-13-27(14-4-1)43-31-19-7-10-20-36(31)45-44(46-43)48-38-24-35-30-18-9-12-22-41(30)49-42(35)25-34(38)33-23-32-29-17-8-11-21-37(29)47(39(32)26-40(33)48)28-15-5-2-6-16-28/h1-26H. The van der Waals surface area contributed by atoms with Gasteiger partial charge in [-0.1, -0.05) is 103 Å². The molecule has 0 amide bonds. The van der Waals surface area contributed by atoms with Gasteiger partial charge in [-0.05, 0) is 54.6 Å². The SMILES string of the molecule is c1ccc(-c2nc(-n3c4cc5c(cc4c4cc6c7ccccc7n(-c7ccccc7)c6cc43)oc3ccccc35)nc3ccccc23)cc1. The first kappa shape index (κ1) is 26.4. The molecule has 11 rings (SSSR count). The highest BCUT2D eigenvalue weighted by atomic mass is 16.3. The van der Waals surface area contributed by atoms with Crippen LogP contribution in [0.25, 0.3) is 99.3 Å². The second-order valence-electron chi connectivity index (χ2n) is 12.6. The molecule has 0 radical (unpaired) electrons. The molecule has 5 nitrogen and oxygen atoms in total. The number of rotatable bonds is 3. The van der Waals surface area contributed by atoms with Crippen LogP contribution in [0.1, 0.15) is 0 Å². The molecule has 0 saturated heterocycles. The van der Waals surface area contributed by atoms with Gasteiger partial charge < -0.3 is 8.98 Å². The summed E-state index contributed by atoms with van der Waals surface area (Å²) in [6.45, 7) is 0. The smallest absolute Gasteiger partial charge is 0.235 e. The Morgan fingerprint density at radius 1 is 0.388 bits per heavy atom. The van der Waals surface area contributed by atoms with Gasteiger partial charge in [0.15, 0.2) is 0 Å². The lowest BCUT2D eigenvalue weighted by Gasteiger charge is -2.12. The van der Waals surface area contributed by atoms with Crippen molar-refractivity contribution in [1.29, 1.82) is 0 Å². The van der Waals surface area contributed by atoms with Crippen molar-refractivity contribution in [2.45, 2.75) is 0 Å². The molecule has 0 unspecified atom stereocenters. The third kappa shape index (κ3) is 3.75. The van der Waals surface area contributed by atoms with Gasteiger partial charge in [-0.2, -0.15) is 0 Å². The summed E-state index contributed by atoms with van der Waals surface area (Å²) in [6, 6.07) is 55.3. The van der Waals surface area contributed by atoms with E-state index < -0.39 is 0 Å². The Morgan fingerprint density at radius 3 is 1.88 bits per heavy atom. The van der Waals surface area contributed by atoms with Crippen LogP contribution in [0.5, 0.6) is 0 Å². The third-order valence-corrected chi connectivity index (χ3v) is 9.91. The lowest BCUT2D eigenvalue weighted by Crippen LogP contribution is -2.03. The normalized spacial score (nSPS) is 12.1. The zero-order valence-corrected chi connectivity index (χ0v) is 26.2. The van der Waals surface area contributed by atoms with Crippen LogP contribution < -0.4 is 0 Å². The highest BCUT2D eigenvalue weighted by Crippen LogP contribution is 2.42. The molecule has 5 heteroatoms. The number of hydrogen-bond acceptors (Lipinski definition) is 3. The molecule has 228 valence electrons. The summed E-state index contributed by atoms with van der Waals surface area (Å²) < 4.78 is 11.0. The Hall–Kier alpha value is -6.72. The van der Waals surface area contributed by atoms with Crippen molar-refractivity contribution < 1.29 is 4.42 Å². The van der Waals surface area contributed by atoms with Gasteiger partial charge in [-0.15, -0.1) is 0 Å². The second-order valence-corrected chi connectivity index (χ2v) is 12.6. The van der Waals surface area contributed by atoms with Gasteiger partial charge in [-0.3, -0.25) is 4.57 Å². The second kappa shape index (κ2) is 9.89. The van der Waals surface area contributed by atoms with Gasteiger partial charge in [-0.25, -0.2) is 9.97 Å². The Labute approximate surface area is 279 Å². The number of aromatic nitrogens is 4. The van der Waals surface area contributed by atoms with Crippen LogP contribution in [0.15, 0.2) is 162 Å². The zero-order chi connectivity index (χ0) is 32.1. The molecule has 0 aliphatic rings. The maximum Gasteiger partial charge on any atom is 0.235 e. The van der Waals surface area contributed by atoms with Crippen LogP contribution in [-0.4, -0.2) is 19.1 Å². The largest absolute Gasteiger partial charge is 0.456 e. The van der Waals surface area contributed by atoms with Crippen LogP contribution >= 0.6 is 0 Å². The molecule has 0 aliphatic carbocycles. The van der Waals surface area contributed by atoms with E-state index in [0.29, 0.717) is 5.95 Å².